The first-order valence-corrected chi connectivity index (χ1v) is 7.07. The van der Waals surface area contributed by atoms with E-state index >= 15 is 0 Å². The van der Waals surface area contributed by atoms with Crippen molar-refractivity contribution < 1.29 is 44.6 Å². The molecule has 2 nitrogen and oxygen atoms in total. The van der Waals surface area contributed by atoms with Crippen LogP contribution >= 0.6 is 0 Å². The molecule has 0 fully saturated rings. The SMILES string of the molecule is CN(C)c1cccc(C(C)(O)CC(F)(F)C(F)(F)C(F)(F)C(F)(F)F)c1. The molecule has 0 aliphatic rings. The van der Waals surface area contributed by atoms with E-state index in [0.29, 0.717) is 12.6 Å². The maximum absolute atomic E-state index is 13.8. The summed E-state index contributed by atoms with van der Waals surface area (Å²) >= 11 is 0. The van der Waals surface area contributed by atoms with Gasteiger partial charge < -0.3 is 10.0 Å². The molecule has 1 atom stereocenters. The summed E-state index contributed by atoms with van der Waals surface area (Å²) in [7, 11) is 3.08. The van der Waals surface area contributed by atoms with Gasteiger partial charge in [-0.25, -0.2) is 0 Å². The van der Waals surface area contributed by atoms with Crippen molar-refractivity contribution in [2.45, 2.75) is 42.9 Å². The summed E-state index contributed by atoms with van der Waals surface area (Å²) in [6.45, 7) is 0.623. The highest BCUT2D eigenvalue weighted by molar-refractivity contribution is 5.48. The second-order valence-electron chi connectivity index (χ2n) is 6.25. The third-order valence-electron chi connectivity index (χ3n) is 3.76. The van der Waals surface area contributed by atoms with Crippen molar-refractivity contribution in [3.8, 4) is 0 Å². The number of halogens is 9. The number of hydrogen-bond acceptors (Lipinski definition) is 2. The van der Waals surface area contributed by atoms with Gasteiger partial charge in [0.05, 0.1) is 12.0 Å². The van der Waals surface area contributed by atoms with Crippen LogP contribution in [0.5, 0.6) is 0 Å². The Morgan fingerprint density at radius 1 is 0.885 bits per heavy atom. The lowest BCUT2D eigenvalue weighted by atomic mass is 9.86. The molecule has 0 spiro atoms. The van der Waals surface area contributed by atoms with Gasteiger partial charge in [0, 0.05) is 19.8 Å². The van der Waals surface area contributed by atoms with Crippen LogP contribution in [0.4, 0.5) is 45.2 Å². The standard InChI is InChI=1S/C15H16F9NO/c1-11(26,9-5-4-6-10(7-9)25(2)3)8-12(16,17)13(18,19)14(20,21)15(22,23)24/h4-7,26H,8H2,1-3H3. The largest absolute Gasteiger partial charge is 0.460 e. The summed E-state index contributed by atoms with van der Waals surface area (Å²) in [5, 5.41) is 10.1. The Hall–Kier alpha value is -1.65. The molecule has 1 aromatic carbocycles. The number of alkyl halides is 9. The van der Waals surface area contributed by atoms with Crippen molar-refractivity contribution in [2.24, 2.45) is 0 Å². The number of rotatable bonds is 6. The number of anilines is 1. The Balaban J connectivity index is 3.27. The van der Waals surface area contributed by atoms with Crippen LogP contribution in [-0.2, 0) is 5.60 Å². The van der Waals surface area contributed by atoms with Crippen LogP contribution in [0.15, 0.2) is 24.3 Å². The molecule has 0 bridgehead atoms. The predicted octanol–water partition coefficient (Wildman–Crippen LogP) is 4.82. The van der Waals surface area contributed by atoms with Crippen LogP contribution in [0.3, 0.4) is 0 Å². The Labute approximate surface area is 143 Å². The molecule has 0 amide bonds. The number of nitrogens with zero attached hydrogens (tertiary/aromatic N) is 1. The normalized spacial score (nSPS) is 16.3. The third kappa shape index (κ3) is 3.86. The molecule has 0 aliphatic carbocycles. The Morgan fingerprint density at radius 2 is 1.38 bits per heavy atom. The fraction of sp³-hybridized carbons (Fsp3) is 0.600. The zero-order valence-electron chi connectivity index (χ0n) is 13.8. The van der Waals surface area contributed by atoms with E-state index < -0.39 is 36.0 Å². The van der Waals surface area contributed by atoms with Gasteiger partial charge in [-0.15, -0.1) is 0 Å². The second-order valence-corrected chi connectivity index (χ2v) is 6.25. The van der Waals surface area contributed by atoms with E-state index in [1.54, 1.807) is 14.1 Å². The number of aliphatic hydroxyl groups is 1. The van der Waals surface area contributed by atoms with E-state index in [1.807, 2.05) is 0 Å². The number of benzene rings is 1. The van der Waals surface area contributed by atoms with Crippen molar-refractivity contribution in [1.29, 1.82) is 0 Å². The first-order valence-electron chi connectivity index (χ1n) is 7.07. The minimum atomic E-state index is -6.98. The highest BCUT2D eigenvalue weighted by Crippen LogP contribution is 2.55. The molecule has 150 valence electrons. The molecule has 0 aromatic heterocycles. The molecule has 1 unspecified atom stereocenters. The summed E-state index contributed by atoms with van der Waals surface area (Å²) in [6, 6.07) is 4.93. The minimum Gasteiger partial charge on any atom is -0.385 e. The highest BCUT2D eigenvalue weighted by Gasteiger charge is 2.81. The molecular formula is C15H16F9NO. The summed E-state index contributed by atoms with van der Waals surface area (Å²) in [5.41, 5.74) is -2.80. The van der Waals surface area contributed by atoms with Crippen LogP contribution in [0, 0.1) is 0 Å². The maximum atomic E-state index is 13.8. The van der Waals surface area contributed by atoms with Gasteiger partial charge in [0.25, 0.3) is 0 Å². The lowest BCUT2D eigenvalue weighted by molar-refractivity contribution is -0.400. The molecule has 26 heavy (non-hydrogen) atoms. The smallest absolute Gasteiger partial charge is 0.385 e. The van der Waals surface area contributed by atoms with Crippen LogP contribution in [0.1, 0.15) is 18.9 Å². The van der Waals surface area contributed by atoms with E-state index in [9.17, 15) is 44.6 Å². The second kappa shape index (κ2) is 6.50. The van der Waals surface area contributed by atoms with Gasteiger partial charge in [0.1, 0.15) is 0 Å². The van der Waals surface area contributed by atoms with Gasteiger partial charge in [-0.2, -0.15) is 39.5 Å². The summed E-state index contributed by atoms with van der Waals surface area (Å²) in [4.78, 5) is 1.48. The summed E-state index contributed by atoms with van der Waals surface area (Å²) < 4.78 is 117. The molecule has 0 saturated heterocycles. The Bertz CT molecular complexity index is 638. The molecular weight excluding hydrogens is 381 g/mol. The summed E-state index contributed by atoms with van der Waals surface area (Å²) in [6.07, 6.45) is -9.24. The first-order chi connectivity index (χ1) is 11.4. The predicted molar refractivity (Wildman–Crippen MR) is 75.9 cm³/mol. The van der Waals surface area contributed by atoms with Gasteiger partial charge in [-0.3, -0.25) is 0 Å². The molecule has 0 radical (unpaired) electrons. The Morgan fingerprint density at radius 3 is 1.81 bits per heavy atom. The topological polar surface area (TPSA) is 23.5 Å². The zero-order chi connectivity index (χ0) is 20.8. The third-order valence-corrected chi connectivity index (χ3v) is 3.76. The van der Waals surface area contributed by atoms with E-state index in [-0.39, 0.29) is 5.56 Å². The van der Waals surface area contributed by atoms with Crippen LogP contribution in [0.2, 0.25) is 0 Å². The van der Waals surface area contributed by atoms with Gasteiger partial charge in [-0.05, 0) is 24.6 Å². The van der Waals surface area contributed by atoms with Gasteiger partial charge in [0.15, 0.2) is 0 Å². The van der Waals surface area contributed by atoms with Crippen molar-refractivity contribution in [3.63, 3.8) is 0 Å². The molecule has 0 saturated carbocycles. The van der Waals surface area contributed by atoms with Gasteiger partial charge >= 0.3 is 23.9 Å². The minimum absolute atomic E-state index is 0.352. The van der Waals surface area contributed by atoms with Crippen molar-refractivity contribution in [1.82, 2.24) is 0 Å². The van der Waals surface area contributed by atoms with Crippen molar-refractivity contribution in [3.05, 3.63) is 29.8 Å². The van der Waals surface area contributed by atoms with E-state index in [2.05, 4.69) is 0 Å². The van der Waals surface area contributed by atoms with Crippen LogP contribution in [0.25, 0.3) is 0 Å². The number of hydrogen-bond donors (Lipinski definition) is 1. The highest BCUT2D eigenvalue weighted by atomic mass is 19.4. The van der Waals surface area contributed by atoms with Gasteiger partial charge in [0.2, 0.25) is 0 Å². The van der Waals surface area contributed by atoms with E-state index in [0.717, 1.165) is 12.1 Å². The fourth-order valence-electron chi connectivity index (χ4n) is 2.17. The molecule has 1 rings (SSSR count). The average molecular weight is 397 g/mol. The molecule has 11 heteroatoms. The Kier molecular flexibility index (Phi) is 5.60. The molecule has 0 heterocycles. The van der Waals surface area contributed by atoms with E-state index in [1.165, 1.54) is 17.0 Å². The average Bonchev–Trinajstić information content (AvgIpc) is 2.44. The van der Waals surface area contributed by atoms with E-state index in [4.69, 9.17) is 0 Å². The zero-order valence-corrected chi connectivity index (χ0v) is 13.8. The quantitative estimate of drug-likeness (QED) is 0.696. The summed E-state index contributed by atoms with van der Waals surface area (Å²) in [5.74, 6) is -19.6. The van der Waals surface area contributed by atoms with Crippen molar-refractivity contribution in [2.75, 3.05) is 19.0 Å². The molecule has 1 aromatic rings. The lowest BCUT2D eigenvalue weighted by Crippen LogP contribution is -2.62. The lowest BCUT2D eigenvalue weighted by Gasteiger charge is -2.37. The van der Waals surface area contributed by atoms with Crippen LogP contribution < -0.4 is 4.90 Å². The maximum Gasteiger partial charge on any atom is 0.460 e. The van der Waals surface area contributed by atoms with Crippen molar-refractivity contribution >= 4 is 5.69 Å². The molecule has 0 aliphatic heterocycles. The fourth-order valence-corrected chi connectivity index (χ4v) is 2.17. The monoisotopic (exact) mass is 397 g/mol. The van der Waals surface area contributed by atoms with Gasteiger partial charge in [-0.1, -0.05) is 12.1 Å². The molecule has 1 N–H and O–H groups in total. The first kappa shape index (κ1) is 22.4. The van der Waals surface area contributed by atoms with Crippen LogP contribution in [-0.4, -0.2) is 43.1 Å².